The Labute approximate surface area is 91.0 Å². The van der Waals surface area contributed by atoms with Gasteiger partial charge in [0.15, 0.2) is 11.6 Å². The molecular formula is C10H11F2NO3. The number of halogens is 2. The fraction of sp³-hybridized carbons (Fsp3) is 0.400. The van der Waals surface area contributed by atoms with Gasteiger partial charge in [-0.2, -0.15) is 4.39 Å². The van der Waals surface area contributed by atoms with Gasteiger partial charge in [0.1, 0.15) is 0 Å². The van der Waals surface area contributed by atoms with Crippen LogP contribution < -0.4 is 4.74 Å². The molecule has 1 aromatic carbocycles. The SMILES string of the molecule is CCCCOc1c(F)ccc([N+](=O)[O-])c1F. The molecule has 0 aliphatic heterocycles. The van der Waals surface area contributed by atoms with Crippen molar-refractivity contribution >= 4 is 5.69 Å². The molecule has 0 radical (unpaired) electrons. The van der Waals surface area contributed by atoms with E-state index in [1.807, 2.05) is 6.92 Å². The smallest absolute Gasteiger partial charge is 0.308 e. The molecule has 0 atom stereocenters. The normalized spacial score (nSPS) is 10.2. The maximum atomic E-state index is 13.4. The Balaban J connectivity index is 2.97. The minimum atomic E-state index is -1.26. The minimum Gasteiger partial charge on any atom is -0.487 e. The van der Waals surface area contributed by atoms with E-state index in [2.05, 4.69) is 0 Å². The van der Waals surface area contributed by atoms with Crippen LogP contribution in [0.1, 0.15) is 19.8 Å². The van der Waals surface area contributed by atoms with E-state index in [1.165, 1.54) is 0 Å². The van der Waals surface area contributed by atoms with Crippen molar-refractivity contribution in [3.05, 3.63) is 33.9 Å². The maximum absolute atomic E-state index is 13.4. The van der Waals surface area contributed by atoms with Gasteiger partial charge in [0.05, 0.1) is 11.5 Å². The van der Waals surface area contributed by atoms with Crippen molar-refractivity contribution in [1.29, 1.82) is 0 Å². The first-order valence-corrected chi connectivity index (χ1v) is 4.83. The number of nitro benzene ring substituents is 1. The Morgan fingerprint density at radius 3 is 2.69 bits per heavy atom. The Morgan fingerprint density at radius 2 is 2.12 bits per heavy atom. The summed E-state index contributed by atoms with van der Waals surface area (Å²) in [5.74, 6) is -2.87. The molecule has 0 spiro atoms. The minimum absolute atomic E-state index is 0.130. The van der Waals surface area contributed by atoms with E-state index in [1.54, 1.807) is 0 Å². The highest BCUT2D eigenvalue weighted by atomic mass is 19.1. The van der Waals surface area contributed by atoms with Gasteiger partial charge < -0.3 is 4.74 Å². The molecule has 0 N–H and O–H groups in total. The highest BCUT2D eigenvalue weighted by Gasteiger charge is 2.22. The molecular weight excluding hydrogens is 220 g/mol. The molecule has 0 bridgehead atoms. The monoisotopic (exact) mass is 231 g/mol. The molecule has 1 aromatic rings. The predicted octanol–water partition coefficient (Wildman–Crippen LogP) is 3.05. The van der Waals surface area contributed by atoms with Crippen molar-refractivity contribution in [3.63, 3.8) is 0 Å². The van der Waals surface area contributed by atoms with Gasteiger partial charge >= 0.3 is 5.69 Å². The van der Waals surface area contributed by atoms with Crippen LogP contribution in [0.3, 0.4) is 0 Å². The van der Waals surface area contributed by atoms with Crippen LogP contribution in [0.2, 0.25) is 0 Å². The highest BCUT2D eigenvalue weighted by Crippen LogP contribution is 2.29. The number of nitrogens with zero attached hydrogens (tertiary/aromatic N) is 1. The first kappa shape index (κ1) is 12.4. The molecule has 0 heterocycles. The summed E-state index contributed by atoms with van der Waals surface area (Å²) in [7, 11) is 0. The average Bonchev–Trinajstić information content (AvgIpc) is 2.22. The van der Waals surface area contributed by atoms with Gasteiger partial charge in [-0.3, -0.25) is 10.1 Å². The van der Waals surface area contributed by atoms with Gasteiger partial charge in [-0.1, -0.05) is 13.3 Å². The number of hydrogen-bond donors (Lipinski definition) is 0. The Morgan fingerprint density at radius 1 is 1.44 bits per heavy atom. The van der Waals surface area contributed by atoms with E-state index >= 15 is 0 Å². The molecule has 0 unspecified atom stereocenters. The lowest BCUT2D eigenvalue weighted by Crippen LogP contribution is -2.03. The quantitative estimate of drug-likeness (QED) is 0.444. The lowest BCUT2D eigenvalue weighted by molar-refractivity contribution is -0.387. The molecule has 0 aliphatic rings. The lowest BCUT2D eigenvalue weighted by Gasteiger charge is -2.07. The number of rotatable bonds is 5. The molecule has 0 saturated heterocycles. The van der Waals surface area contributed by atoms with Crippen LogP contribution >= 0.6 is 0 Å². The molecule has 4 nitrogen and oxygen atoms in total. The van der Waals surface area contributed by atoms with Gasteiger partial charge in [-0.25, -0.2) is 4.39 Å². The van der Waals surface area contributed by atoms with E-state index in [0.717, 1.165) is 18.6 Å². The fourth-order valence-corrected chi connectivity index (χ4v) is 1.11. The highest BCUT2D eigenvalue weighted by molar-refractivity contribution is 5.41. The summed E-state index contributed by atoms with van der Waals surface area (Å²) in [5.41, 5.74) is -0.784. The second-order valence-corrected chi connectivity index (χ2v) is 3.17. The molecule has 0 aliphatic carbocycles. The van der Waals surface area contributed by atoms with Crippen LogP contribution in [0.5, 0.6) is 5.75 Å². The zero-order chi connectivity index (χ0) is 12.1. The topological polar surface area (TPSA) is 52.4 Å². The van der Waals surface area contributed by atoms with Crippen LogP contribution in [0.15, 0.2) is 12.1 Å². The molecule has 6 heteroatoms. The average molecular weight is 231 g/mol. The standard InChI is InChI=1S/C10H11F2NO3/c1-2-3-6-16-10-7(11)4-5-8(9(10)12)13(14)15/h4-5H,2-3,6H2,1H3. The van der Waals surface area contributed by atoms with Gasteiger partial charge in [-0.05, 0) is 12.5 Å². The van der Waals surface area contributed by atoms with E-state index in [0.29, 0.717) is 6.42 Å². The van der Waals surface area contributed by atoms with Gasteiger partial charge in [-0.15, -0.1) is 0 Å². The summed E-state index contributed by atoms with van der Waals surface area (Å²) >= 11 is 0. The van der Waals surface area contributed by atoms with Crippen LogP contribution in [0, 0.1) is 21.7 Å². The largest absolute Gasteiger partial charge is 0.487 e. The van der Waals surface area contributed by atoms with Crippen molar-refractivity contribution in [2.75, 3.05) is 6.61 Å². The predicted molar refractivity (Wildman–Crippen MR) is 53.4 cm³/mol. The molecule has 16 heavy (non-hydrogen) atoms. The third kappa shape index (κ3) is 2.65. The Bertz CT molecular complexity index is 396. The first-order valence-electron chi connectivity index (χ1n) is 4.83. The van der Waals surface area contributed by atoms with Gasteiger partial charge in [0, 0.05) is 6.07 Å². The number of hydrogen-bond acceptors (Lipinski definition) is 3. The van der Waals surface area contributed by atoms with Crippen LogP contribution in [-0.4, -0.2) is 11.5 Å². The van der Waals surface area contributed by atoms with Crippen LogP contribution in [0.25, 0.3) is 0 Å². The summed E-state index contributed by atoms with van der Waals surface area (Å²) < 4.78 is 31.4. The van der Waals surface area contributed by atoms with E-state index in [-0.39, 0.29) is 6.61 Å². The van der Waals surface area contributed by atoms with Gasteiger partial charge in [0.25, 0.3) is 0 Å². The van der Waals surface area contributed by atoms with E-state index in [4.69, 9.17) is 4.74 Å². The summed E-state index contributed by atoms with van der Waals surface area (Å²) in [6.45, 7) is 2.02. The third-order valence-corrected chi connectivity index (χ3v) is 1.97. The molecule has 0 fully saturated rings. The summed E-state index contributed by atoms with van der Waals surface area (Å²) in [5, 5.41) is 10.4. The zero-order valence-corrected chi connectivity index (χ0v) is 8.70. The maximum Gasteiger partial charge on any atom is 0.308 e. The molecule has 0 amide bonds. The number of unbranched alkanes of at least 4 members (excludes halogenated alkanes) is 1. The summed E-state index contributed by atoms with van der Waals surface area (Å²) in [4.78, 5) is 9.49. The summed E-state index contributed by atoms with van der Waals surface area (Å²) in [6, 6.07) is 1.60. The van der Waals surface area contributed by atoms with Crippen molar-refractivity contribution in [3.8, 4) is 5.75 Å². The number of ether oxygens (including phenoxy) is 1. The van der Waals surface area contributed by atoms with Gasteiger partial charge in [0.2, 0.25) is 5.82 Å². The number of benzene rings is 1. The lowest BCUT2D eigenvalue weighted by atomic mass is 10.2. The van der Waals surface area contributed by atoms with E-state index in [9.17, 15) is 18.9 Å². The van der Waals surface area contributed by atoms with Crippen molar-refractivity contribution < 1.29 is 18.4 Å². The molecule has 88 valence electrons. The molecule has 0 saturated carbocycles. The summed E-state index contributed by atoms with van der Waals surface area (Å²) in [6.07, 6.45) is 1.43. The first-order chi connectivity index (χ1) is 7.57. The molecule has 0 aromatic heterocycles. The Kier molecular flexibility index (Phi) is 4.16. The van der Waals surface area contributed by atoms with Crippen LogP contribution in [0.4, 0.5) is 14.5 Å². The second-order valence-electron chi connectivity index (χ2n) is 3.17. The van der Waals surface area contributed by atoms with E-state index < -0.39 is 28.0 Å². The molecule has 1 rings (SSSR count). The second kappa shape index (κ2) is 5.39. The van der Waals surface area contributed by atoms with Crippen molar-refractivity contribution in [2.24, 2.45) is 0 Å². The Hall–Kier alpha value is -1.72. The fourth-order valence-electron chi connectivity index (χ4n) is 1.11. The zero-order valence-electron chi connectivity index (χ0n) is 8.70. The number of nitro groups is 1. The van der Waals surface area contributed by atoms with Crippen LogP contribution in [-0.2, 0) is 0 Å². The van der Waals surface area contributed by atoms with Crippen molar-refractivity contribution in [1.82, 2.24) is 0 Å². The van der Waals surface area contributed by atoms with Crippen molar-refractivity contribution in [2.45, 2.75) is 19.8 Å². The third-order valence-electron chi connectivity index (χ3n) is 1.97.